The first-order valence-corrected chi connectivity index (χ1v) is 7.11. The number of aliphatic hydroxyl groups is 1. The fraction of sp³-hybridized carbons (Fsp3) is 0.211. The van der Waals surface area contributed by atoms with Crippen molar-refractivity contribution in [2.45, 2.75) is 18.3 Å². The number of benzene rings is 2. The number of carbonyl (C=O) groups excluding carboxylic acids is 1. The summed E-state index contributed by atoms with van der Waals surface area (Å²) >= 11 is 0. The van der Waals surface area contributed by atoms with Gasteiger partial charge in [-0.15, -0.1) is 6.42 Å². The minimum absolute atomic E-state index is 0.101. The van der Waals surface area contributed by atoms with Gasteiger partial charge in [0.2, 0.25) is 5.60 Å². The second kappa shape index (κ2) is 7.59. The molecular formula is C19H18O4. The summed E-state index contributed by atoms with van der Waals surface area (Å²) in [7, 11) is 1.23. The molecule has 0 spiro atoms. The molecule has 0 heterocycles. The van der Waals surface area contributed by atoms with Crippen LogP contribution in [0.15, 0.2) is 60.7 Å². The van der Waals surface area contributed by atoms with E-state index in [1.54, 1.807) is 30.3 Å². The molecule has 0 bridgehead atoms. The number of terminal acetylenes is 1. The Bertz CT molecular complexity index is 676. The van der Waals surface area contributed by atoms with Crippen LogP contribution >= 0.6 is 0 Å². The fourth-order valence-electron chi connectivity index (χ4n) is 2.33. The second-order valence-electron chi connectivity index (χ2n) is 4.94. The summed E-state index contributed by atoms with van der Waals surface area (Å²) < 4.78 is 10.7. The van der Waals surface area contributed by atoms with Crippen molar-refractivity contribution < 1.29 is 19.4 Å². The van der Waals surface area contributed by atoms with E-state index in [0.29, 0.717) is 5.56 Å². The van der Waals surface area contributed by atoms with Crippen LogP contribution < -0.4 is 0 Å². The van der Waals surface area contributed by atoms with Crippen molar-refractivity contribution in [3.05, 3.63) is 71.8 Å². The molecule has 4 heteroatoms. The van der Waals surface area contributed by atoms with Gasteiger partial charge in [0.15, 0.2) is 6.10 Å². The fourth-order valence-corrected chi connectivity index (χ4v) is 2.33. The topological polar surface area (TPSA) is 55.8 Å². The molecule has 0 fully saturated rings. The first-order valence-electron chi connectivity index (χ1n) is 7.11. The standard InChI is InChI=1S/C19H18O4/c1-3-17(20)19(18(21)22-2,16-12-8-5-9-13-16)23-14-15-10-6-4-7-11-15/h1,4-13,17,20H,14H2,2H3/t17-,19-/m1/s1. The van der Waals surface area contributed by atoms with Crippen molar-refractivity contribution >= 4 is 5.97 Å². The first kappa shape index (κ1) is 16.8. The number of hydrogen-bond donors (Lipinski definition) is 1. The highest BCUT2D eigenvalue weighted by atomic mass is 16.6. The van der Waals surface area contributed by atoms with Gasteiger partial charge in [0, 0.05) is 0 Å². The summed E-state index contributed by atoms with van der Waals surface area (Å²) in [6.45, 7) is 0.101. The van der Waals surface area contributed by atoms with Crippen LogP contribution in [0.5, 0.6) is 0 Å². The maximum atomic E-state index is 12.5. The highest BCUT2D eigenvalue weighted by Crippen LogP contribution is 2.32. The lowest BCUT2D eigenvalue weighted by atomic mass is 9.87. The Morgan fingerprint density at radius 2 is 1.74 bits per heavy atom. The third-order valence-electron chi connectivity index (χ3n) is 3.54. The lowest BCUT2D eigenvalue weighted by Gasteiger charge is -2.33. The van der Waals surface area contributed by atoms with E-state index in [2.05, 4.69) is 5.92 Å². The van der Waals surface area contributed by atoms with Crippen LogP contribution in [-0.4, -0.2) is 24.3 Å². The van der Waals surface area contributed by atoms with Crippen molar-refractivity contribution in [1.82, 2.24) is 0 Å². The second-order valence-corrected chi connectivity index (χ2v) is 4.94. The molecule has 0 radical (unpaired) electrons. The molecule has 0 aromatic heterocycles. The molecule has 0 amide bonds. The summed E-state index contributed by atoms with van der Waals surface area (Å²) in [5, 5.41) is 10.3. The summed E-state index contributed by atoms with van der Waals surface area (Å²) in [5.41, 5.74) is -0.491. The van der Waals surface area contributed by atoms with Gasteiger partial charge >= 0.3 is 5.97 Å². The predicted molar refractivity (Wildman–Crippen MR) is 86.2 cm³/mol. The Morgan fingerprint density at radius 1 is 1.17 bits per heavy atom. The number of esters is 1. The minimum atomic E-state index is -1.78. The zero-order valence-electron chi connectivity index (χ0n) is 12.8. The maximum absolute atomic E-state index is 12.5. The van der Waals surface area contributed by atoms with E-state index in [1.165, 1.54) is 7.11 Å². The van der Waals surface area contributed by atoms with Gasteiger partial charge in [-0.25, -0.2) is 4.79 Å². The number of hydrogen-bond acceptors (Lipinski definition) is 4. The molecule has 4 nitrogen and oxygen atoms in total. The van der Waals surface area contributed by atoms with Gasteiger partial charge in [-0.2, -0.15) is 0 Å². The molecule has 0 aliphatic rings. The summed E-state index contributed by atoms with van der Waals surface area (Å²) in [6.07, 6.45) is 3.88. The number of methoxy groups -OCH3 is 1. The molecular weight excluding hydrogens is 292 g/mol. The predicted octanol–water partition coefficient (Wildman–Crippen LogP) is 2.27. The molecule has 0 unspecified atom stereocenters. The molecule has 23 heavy (non-hydrogen) atoms. The highest BCUT2D eigenvalue weighted by Gasteiger charge is 2.49. The average Bonchev–Trinajstić information content (AvgIpc) is 2.63. The Kier molecular flexibility index (Phi) is 5.53. The summed E-state index contributed by atoms with van der Waals surface area (Å²) in [6, 6.07) is 17.9. The number of rotatable bonds is 6. The van der Waals surface area contributed by atoms with E-state index in [1.807, 2.05) is 30.3 Å². The minimum Gasteiger partial charge on any atom is -0.467 e. The molecule has 118 valence electrons. The Hall–Kier alpha value is -2.61. The van der Waals surface area contributed by atoms with Crippen LogP contribution in [-0.2, 0) is 26.5 Å². The van der Waals surface area contributed by atoms with Crippen molar-refractivity contribution in [1.29, 1.82) is 0 Å². The molecule has 2 rings (SSSR count). The Morgan fingerprint density at radius 3 is 2.26 bits per heavy atom. The van der Waals surface area contributed by atoms with Gasteiger partial charge in [-0.3, -0.25) is 0 Å². The van der Waals surface area contributed by atoms with Gasteiger partial charge in [0.25, 0.3) is 0 Å². The zero-order chi connectivity index (χ0) is 16.7. The largest absolute Gasteiger partial charge is 0.467 e. The molecule has 0 saturated carbocycles. The van der Waals surface area contributed by atoms with E-state index >= 15 is 0 Å². The van der Waals surface area contributed by atoms with E-state index in [4.69, 9.17) is 15.9 Å². The number of ether oxygens (including phenoxy) is 2. The van der Waals surface area contributed by atoms with Crippen LogP contribution in [0, 0.1) is 12.3 Å². The van der Waals surface area contributed by atoms with Gasteiger partial charge in [-0.05, 0) is 11.1 Å². The highest BCUT2D eigenvalue weighted by molar-refractivity contribution is 5.83. The molecule has 2 aromatic carbocycles. The third-order valence-corrected chi connectivity index (χ3v) is 3.54. The molecule has 0 aliphatic carbocycles. The van der Waals surface area contributed by atoms with Gasteiger partial charge in [0.1, 0.15) is 0 Å². The van der Waals surface area contributed by atoms with E-state index in [0.717, 1.165) is 5.56 Å². The van der Waals surface area contributed by atoms with E-state index in [9.17, 15) is 9.90 Å². The molecule has 2 atom stereocenters. The first-order chi connectivity index (χ1) is 11.1. The van der Waals surface area contributed by atoms with Crippen molar-refractivity contribution in [3.8, 4) is 12.3 Å². The monoisotopic (exact) mass is 310 g/mol. The summed E-state index contributed by atoms with van der Waals surface area (Å²) in [5.74, 6) is 1.44. The van der Waals surface area contributed by atoms with Crippen LogP contribution in [0.3, 0.4) is 0 Å². The number of carbonyl (C=O) groups is 1. The van der Waals surface area contributed by atoms with Gasteiger partial charge < -0.3 is 14.6 Å². The quantitative estimate of drug-likeness (QED) is 0.657. The Balaban J connectivity index is 2.44. The van der Waals surface area contributed by atoms with Crippen molar-refractivity contribution in [3.63, 3.8) is 0 Å². The maximum Gasteiger partial charge on any atom is 0.346 e. The third kappa shape index (κ3) is 3.42. The average molecular weight is 310 g/mol. The Labute approximate surface area is 135 Å². The van der Waals surface area contributed by atoms with Crippen molar-refractivity contribution in [2.24, 2.45) is 0 Å². The normalized spacial score (nSPS) is 14.3. The van der Waals surface area contributed by atoms with Crippen LogP contribution in [0.2, 0.25) is 0 Å². The number of aliphatic hydroxyl groups excluding tert-OH is 1. The SMILES string of the molecule is C#C[C@@H](O)[C@@](OCc1ccccc1)(C(=O)OC)c1ccccc1. The van der Waals surface area contributed by atoms with Crippen LogP contribution in [0.1, 0.15) is 11.1 Å². The van der Waals surface area contributed by atoms with Crippen molar-refractivity contribution in [2.75, 3.05) is 7.11 Å². The molecule has 0 saturated heterocycles. The van der Waals surface area contributed by atoms with Crippen LogP contribution in [0.4, 0.5) is 0 Å². The molecule has 0 aliphatic heterocycles. The lowest BCUT2D eigenvalue weighted by molar-refractivity contribution is -0.187. The zero-order valence-corrected chi connectivity index (χ0v) is 12.8. The summed E-state index contributed by atoms with van der Waals surface area (Å²) in [4.78, 5) is 12.5. The lowest BCUT2D eigenvalue weighted by Crippen LogP contribution is -2.49. The van der Waals surface area contributed by atoms with Crippen LogP contribution in [0.25, 0.3) is 0 Å². The molecule has 1 N–H and O–H groups in total. The molecule has 2 aromatic rings. The van der Waals surface area contributed by atoms with Gasteiger partial charge in [0.05, 0.1) is 13.7 Å². The van der Waals surface area contributed by atoms with E-state index < -0.39 is 17.7 Å². The van der Waals surface area contributed by atoms with Gasteiger partial charge in [-0.1, -0.05) is 66.6 Å². The smallest absolute Gasteiger partial charge is 0.346 e. The van der Waals surface area contributed by atoms with E-state index in [-0.39, 0.29) is 6.61 Å².